The van der Waals surface area contributed by atoms with Gasteiger partial charge in [0, 0.05) is 33.6 Å². The SMILES string of the molecule is CC(=O)OCCN(CCOC(C)=O)c1ccc(N=Nc2ccc(S(=O)(=O)N(C)C)cc2)c(Cl)c1. The molecule has 0 aliphatic rings. The third kappa shape index (κ3) is 8.08. The molecule has 12 heteroatoms. The molecule has 0 aromatic heterocycles. The summed E-state index contributed by atoms with van der Waals surface area (Å²) in [5.41, 5.74) is 1.60. The molecule has 2 rings (SSSR count). The van der Waals surface area contributed by atoms with Crippen molar-refractivity contribution in [3.63, 3.8) is 0 Å². The van der Waals surface area contributed by atoms with Gasteiger partial charge >= 0.3 is 11.9 Å². The smallest absolute Gasteiger partial charge is 0.302 e. The van der Waals surface area contributed by atoms with Crippen LogP contribution in [0.2, 0.25) is 5.02 Å². The average molecular weight is 511 g/mol. The maximum atomic E-state index is 12.2. The number of benzene rings is 2. The van der Waals surface area contributed by atoms with E-state index < -0.39 is 10.0 Å². The van der Waals surface area contributed by atoms with Crippen LogP contribution in [0.15, 0.2) is 57.6 Å². The summed E-state index contributed by atoms with van der Waals surface area (Å²) in [6.07, 6.45) is 0. The lowest BCUT2D eigenvalue weighted by molar-refractivity contribution is -0.141. The van der Waals surface area contributed by atoms with E-state index in [9.17, 15) is 18.0 Å². The van der Waals surface area contributed by atoms with Crippen molar-refractivity contribution in [2.75, 3.05) is 45.3 Å². The Bertz CT molecular complexity index is 1120. The second-order valence-electron chi connectivity index (χ2n) is 7.28. The molecule has 0 aliphatic heterocycles. The highest BCUT2D eigenvalue weighted by Crippen LogP contribution is 2.31. The molecule has 2 aromatic carbocycles. The summed E-state index contributed by atoms with van der Waals surface area (Å²) in [6.45, 7) is 3.73. The van der Waals surface area contributed by atoms with Crippen LogP contribution < -0.4 is 4.90 Å². The van der Waals surface area contributed by atoms with Crippen molar-refractivity contribution in [2.45, 2.75) is 18.7 Å². The third-order valence-corrected chi connectivity index (χ3v) is 6.65. The Morgan fingerprint density at radius 1 is 0.912 bits per heavy atom. The molecule has 2 aromatic rings. The van der Waals surface area contributed by atoms with Crippen LogP contribution in [0.4, 0.5) is 17.1 Å². The van der Waals surface area contributed by atoms with Gasteiger partial charge in [0.2, 0.25) is 10.0 Å². The summed E-state index contributed by atoms with van der Waals surface area (Å²) in [5, 5.41) is 8.60. The summed E-state index contributed by atoms with van der Waals surface area (Å²) in [6, 6.07) is 11.1. The highest BCUT2D eigenvalue weighted by Gasteiger charge is 2.16. The molecule has 0 aliphatic carbocycles. The molecule has 0 unspecified atom stereocenters. The first-order valence-corrected chi connectivity index (χ1v) is 12.1. The van der Waals surface area contributed by atoms with E-state index in [1.54, 1.807) is 30.3 Å². The molecule has 0 heterocycles. The molecule has 0 radical (unpaired) electrons. The van der Waals surface area contributed by atoms with Crippen LogP contribution in [0.3, 0.4) is 0 Å². The Balaban J connectivity index is 2.15. The number of halogens is 1. The molecule has 0 atom stereocenters. The van der Waals surface area contributed by atoms with Gasteiger partial charge in [-0.1, -0.05) is 11.6 Å². The molecule has 0 saturated carbocycles. The van der Waals surface area contributed by atoms with Crippen molar-refractivity contribution >= 4 is 50.6 Å². The second-order valence-corrected chi connectivity index (χ2v) is 9.84. The molecule has 184 valence electrons. The number of nitrogens with zero attached hydrogens (tertiary/aromatic N) is 4. The fraction of sp³-hybridized carbons (Fsp3) is 0.364. The van der Waals surface area contributed by atoms with Gasteiger partial charge in [0.25, 0.3) is 0 Å². The highest BCUT2D eigenvalue weighted by atomic mass is 35.5. The number of rotatable bonds is 11. The maximum Gasteiger partial charge on any atom is 0.302 e. The quantitative estimate of drug-likeness (QED) is 0.332. The predicted molar refractivity (Wildman–Crippen MR) is 128 cm³/mol. The van der Waals surface area contributed by atoms with Gasteiger partial charge in [-0.3, -0.25) is 9.59 Å². The van der Waals surface area contributed by atoms with E-state index in [1.165, 1.54) is 40.1 Å². The molecule has 0 amide bonds. The van der Waals surface area contributed by atoms with Crippen LogP contribution in [0.5, 0.6) is 0 Å². The summed E-state index contributed by atoms with van der Waals surface area (Å²) in [5.74, 6) is -0.776. The lowest BCUT2D eigenvalue weighted by Gasteiger charge is -2.24. The number of esters is 2. The number of hydrogen-bond acceptors (Lipinski definition) is 9. The van der Waals surface area contributed by atoms with E-state index in [0.717, 1.165) is 9.99 Å². The summed E-state index contributed by atoms with van der Waals surface area (Å²) < 4.78 is 35.5. The van der Waals surface area contributed by atoms with Crippen LogP contribution in [0, 0.1) is 0 Å². The minimum absolute atomic E-state index is 0.154. The van der Waals surface area contributed by atoms with Crippen molar-refractivity contribution < 1.29 is 27.5 Å². The van der Waals surface area contributed by atoms with Crippen molar-refractivity contribution in [3.8, 4) is 0 Å². The first-order valence-electron chi connectivity index (χ1n) is 10.3. The molecule has 0 bridgehead atoms. The Morgan fingerprint density at radius 2 is 1.47 bits per heavy atom. The monoisotopic (exact) mass is 510 g/mol. The number of sulfonamides is 1. The number of hydrogen-bond donors (Lipinski definition) is 0. The van der Waals surface area contributed by atoms with E-state index in [0.29, 0.717) is 29.5 Å². The summed E-state index contributed by atoms with van der Waals surface area (Å²) in [7, 11) is -0.602. The van der Waals surface area contributed by atoms with Crippen LogP contribution in [0.1, 0.15) is 13.8 Å². The molecule has 0 spiro atoms. The number of ether oxygens (including phenoxy) is 2. The first kappa shape index (κ1) is 27.2. The molecular formula is C22H27ClN4O6S. The van der Waals surface area contributed by atoms with E-state index in [1.807, 2.05) is 4.90 Å². The molecule has 10 nitrogen and oxygen atoms in total. The van der Waals surface area contributed by atoms with E-state index in [2.05, 4.69) is 10.2 Å². The topological polar surface area (TPSA) is 118 Å². The molecule has 0 saturated heterocycles. The van der Waals surface area contributed by atoms with E-state index in [4.69, 9.17) is 21.1 Å². The highest BCUT2D eigenvalue weighted by molar-refractivity contribution is 7.89. The van der Waals surface area contributed by atoms with Gasteiger partial charge in [0.15, 0.2) is 0 Å². The lowest BCUT2D eigenvalue weighted by Crippen LogP contribution is -2.31. The minimum atomic E-state index is -3.52. The number of carbonyl (C=O) groups excluding carboxylic acids is 2. The molecular weight excluding hydrogens is 484 g/mol. The Hall–Kier alpha value is -3.02. The largest absolute Gasteiger partial charge is 0.464 e. The average Bonchev–Trinajstić information content (AvgIpc) is 2.77. The fourth-order valence-electron chi connectivity index (χ4n) is 2.75. The molecule has 0 fully saturated rings. The molecule has 0 N–H and O–H groups in total. The zero-order valence-electron chi connectivity index (χ0n) is 19.4. The Kier molecular flexibility index (Phi) is 9.97. The standard InChI is InChI=1S/C22H27ClN4O6S/c1-16(28)32-13-11-27(12-14-33-17(2)29)19-7-10-22(21(23)15-19)25-24-18-5-8-20(9-6-18)34(30,31)26(3)4/h5-10,15H,11-14H2,1-4H3. The van der Waals surface area contributed by atoms with Gasteiger partial charge in [-0.15, -0.1) is 5.11 Å². The normalized spacial score (nSPS) is 11.6. The van der Waals surface area contributed by atoms with Crippen LogP contribution >= 0.6 is 11.6 Å². The Morgan fingerprint density at radius 3 is 1.94 bits per heavy atom. The second kappa shape index (κ2) is 12.4. The van der Waals surface area contributed by atoms with E-state index >= 15 is 0 Å². The van der Waals surface area contributed by atoms with Gasteiger partial charge in [0.1, 0.15) is 18.9 Å². The van der Waals surface area contributed by atoms with E-state index in [-0.39, 0.29) is 30.0 Å². The Labute approximate surface area is 204 Å². The van der Waals surface area contributed by atoms with Crippen LogP contribution in [-0.2, 0) is 29.1 Å². The third-order valence-electron chi connectivity index (χ3n) is 4.52. The zero-order chi connectivity index (χ0) is 25.3. The lowest BCUT2D eigenvalue weighted by atomic mass is 10.2. The fourth-order valence-corrected chi connectivity index (χ4v) is 3.86. The summed E-state index contributed by atoms with van der Waals surface area (Å²) in [4.78, 5) is 24.1. The number of carbonyl (C=O) groups is 2. The van der Waals surface area contributed by atoms with Gasteiger partial charge in [-0.05, 0) is 42.5 Å². The maximum absolute atomic E-state index is 12.2. The van der Waals surface area contributed by atoms with Crippen molar-refractivity contribution in [2.24, 2.45) is 10.2 Å². The molecule has 34 heavy (non-hydrogen) atoms. The van der Waals surface area contributed by atoms with Gasteiger partial charge < -0.3 is 14.4 Å². The minimum Gasteiger partial charge on any atom is -0.464 e. The van der Waals surface area contributed by atoms with Crippen LogP contribution in [0.25, 0.3) is 0 Å². The van der Waals surface area contributed by atoms with Gasteiger partial charge in [-0.25, -0.2) is 12.7 Å². The zero-order valence-corrected chi connectivity index (χ0v) is 21.0. The van der Waals surface area contributed by atoms with Gasteiger partial charge in [-0.2, -0.15) is 5.11 Å². The van der Waals surface area contributed by atoms with Gasteiger partial charge in [0.05, 0.1) is 28.7 Å². The predicted octanol–water partition coefficient (Wildman–Crippen LogP) is 3.94. The summed E-state index contributed by atoms with van der Waals surface area (Å²) >= 11 is 6.39. The first-order chi connectivity index (χ1) is 16.0. The van der Waals surface area contributed by atoms with Crippen molar-refractivity contribution in [1.82, 2.24) is 4.31 Å². The number of azo groups is 1. The van der Waals surface area contributed by atoms with Crippen LogP contribution in [-0.4, -0.2) is 65.1 Å². The number of anilines is 1. The van der Waals surface area contributed by atoms with Crippen molar-refractivity contribution in [3.05, 3.63) is 47.5 Å². The van der Waals surface area contributed by atoms with Crippen molar-refractivity contribution in [1.29, 1.82) is 0 Å².